The van der Waals surface area contributed by atoms with Crippen molar-refractivity contribution in [3.05, 3.63) is 41.0 Å². The summed E-state index contributed by atoms with van der Waals surface area (Å²) in [6.07, 6.45) is 0.577. The number of aryl methyl sites for hydroxylation is 2. The Balaban J connectivity index is 2.26. The molecule has 0 aliphatic rings. The second-order valence-electron chi connectivity index (χ2n) is 3.97. The molecule has 0 atom stereocenters. The molecule has 0 fully saturated rings. The molecule has 100 valence electrons. The first-order valence-electron chi connectivity index (χ1n) is 5.70. The largest absolute Gasteiger partial charge is 0.314 e. The van der Waals surface area contributed by atoms with Gasteiger partial charge in [0, 0.05) is 6.42 Å². The number of amides is 1. The minimum Gasteiger partial charge on any atom is -0.314 e. The highest BCUT2D eigenvalue weighted by atomic mass is 19.1. The van der Waals surface area contributed by atoms with Crippen LogP contribution in [0.5, 0.6) is 0 Å². The Labute approximate surface area is 108 Å². The molecule has 0 saturated heterocycles. The number of anilines is 1. The van der Waals surface area contributed by atoms with Gasteiger partial charge in [0.25, 0.3) is 5.91 Å². The van der Waals surface area contributed by atoms with Gasteiger partial charge in [0.2, 0.25) is 5.82 Å². The van der Waals surface area contributed by atoms with E-state index in [1.165, 1.54) is 13.0 Å². The molecule has 0 aliphatic carbocycles. The van der Waals surface area contributed by atoms with E-state index >= 15 is 0 Å². The van der Waals surface area contributed by atoms with E-state index in [9.17, 15) is 13.6 Å². The molecule has 0 unspecified atom stereocenters. The lowest BCUT2D eigenvalue weighted by molar-refractivity contribution is 0.101. The van der Waals surface area contributed by atoms with E-state index in [4.69, 9.17) is 0 Å². The highest BCUT2D eigenvalue weighted by Crippen LogP contribution is 2.21. The number of hydrogen-bond acceptors (Lipinski definition) is 3. The van der Waals surface area contributed by atoms with Crippen LogP contribution < -0.4 is 5.32 Å². The van der Waals surface area contributed by atoms with Gasteiger partial charge in [-0.2, -0.15) is 0 Å². The summed E-state index contributed by atoms with van der Waals surface area (Å²) in [5, 5.41) is 8.36. The lowest BCUT2D eigenvalue weighted by Crippen LogP contribution is -2.16. The fourth-order valence-corrected chi connectivity index (χ4v) is 1.50. The highest BCUT2D eigenvalue weighted by Gasteiger charge is 2.18. The molecule has 2 N–H and O–H groups in total. The van der Waals surface area contributed by atoms with Crippen LogP contribution in [-0.2, 0) is 6.42 Å². The molecule has 0 saturated carbocycles. The molecule has 2 rings (SSSR count). The van der Waals surface area contributed by atoms with Crippen LogP contribution in [-0.4, -0.2) is 21.1 Å². The summed E-state index contributed by atoms with van der Waals surface area (Å²) in [6.45, 7) is 3.31. The van der Waals surface area contributed by atoms with Gasteiger partial charge in [-0.1, -0.05) is 13.0 Å². The molecule has 2 aromatic rings. The molecule has 1 aromatic carbocycles. The number of rotatable bonds is 3. The van der Waals surface area contributed by atoms with E-state index in [1.807, 2.05) is 6.92 Å². The Morgan fingerprint density at radius 2 is 2.16 bits per heavy atom. The molecule has 1 aromatic heterocycles. The van der Waals surface area contributed by atoms with Crippen LogP contribution in [0.2, 0.25) is 0 Å². The summed E-state index contributed by atoms with van der Waals surface area (Å²) in [6, 6.07) is 2.38. The van der Waals surface area contributed by atoms with Gasteiger partial charge in [0.15, 0.2) is 5.82 Å². The number of hydrogen-bond donors (Lipinski definition) is 2. The lowest BCUT2D eigenvalue weighted by Gasteiger charge is -2.07. The summed E-state index contributed by atoms with van der Waals surface area (Å²) in [7, 11) is 0. The number of nitrogens with one attached hydrogen (secondary N) is 2. The number of H-pyrrole nitrogens is 1. The van der Waals surface area contributed by atoms with E-state index in [1.54, 1.807) is 0 Å². The molecule has 0 spiro atoms. The van der Waals surface area contributed by atoms with Crippen LogP contribution in [0.4, 0.5) is 14.5 Å². The maximum atomic E-state index is 13.7. The zero-order valence-corrected chi connectivity index (χ0v) is 10.4. The van der Waals surface area contributed by atoms with E-state index in [0.29, 0.717) is 12.2 Å². The molecular formula is C12H12F2N4O. The van der Waals surface area contributed by atoms with Gasteiger partial charge in [-0.25, -0.2) is 13.8 Å². The first kappa shape index (κ1) is 13.1. The summed E-state index contributed by atoms with van der Waals surface area (Å²) >= 11 is 0. The average molecular weight is 266 g/mol. The molecule has 19 heavy (non-hydrogen) atoms. The van der Waals surface area contributed by atoms with E-state index in [-0.39, 0.29) is 11.4 Å². The Kier molecular flexibility index (Phi) is 3.55. The molecule has 0 bridgehead atoms. The van der Waals surface area contributed by atoms with Gasteiger partial charge >= 0.3 is 0 Å². The summed E-state index contributed by atoms with van der Waals surface area (Å²) < 4.78 is 27.2. The van der Waals surface area contributed by atoms with Gasteiger partial charge < -0.3 is 5.32 Å². The van der Waals surface area contributed by atoms with Gasteiger partial charge in [-0.05, 0) is 18.6 Å². The van der Waals surface area contributed by atoms with Crippen LogP contribution >= 0.6 is 0 Å². The second-order valence-corrected chi connectivity index (χ2v) is 3.97. The predicted molar refractivity (Wildman–Crippen MR) is 64.8 cm³/mol. The van der Waals surface area contributed by atoms with E-state index in [0.717, 1.165) is 6.07 Å². The maximum Gasteiger partial charge on any atom is 0.295 e. The van der Waals surface area contributed by atoms with E-state index < -0.39 is 23.2 Å². The second kappa shape index (κ2) is 5.13. The first-order valence-corrected chi connectivity index (χ1v) is 5.70. The highest BCUT2D eigenvalue weighted by molar-refractivity contribution is 6.01. The fraction of sp³-hybridized carbons (Fsp3) is 0.250. The van der Waals surface area contributed by atoms with Gasteiger partial charge in [-0.15, -0.1) is 5.10 Å². The quantitative estimate of drug-likeness (QED) is 0.894. The van der Waals surface area contributed by atoms with Crippen molar-refractivity contribution in [2.45, 2.75) is 20.3 Å². The normalized spacial score (nSPS) is 10.5. The first-order chi connectivity index (χ1) is 9.02. The molecule has 1 amide bonds. The van der Waals surface area contributed by atoms with E-state index in [2.05, 4.69) is 20.5 Å². The van der Waals surface area contributed by atoms with Crippen molar-refractivity contribution in [3.63, 3.8) is 0 Å². The Morgan fingerprint density at radius 1 is 1.42 bits per heavy atom. The van der Waals surface area contributed by atoms with Crippen molar-refractivity contribution in [2.75, 3.05) is 5.32 Å². The van der Waals surface area contributed by atoms with Crippen LogP contribution in [0.15, 0.2) is 12.1 Å². The van der Waals surface area contributed by atoms with Crippen LogP contribution in [0, 0.1) is 18.6 Å². The Hall–Kier alpha value is -2.31. The molecule has 1 heterocycles. The zero-order chi connectivity index (χ0) is 14.0. The number of halogens is 2. The van der Waals surface area contributed by atoms with Crippen molar-refractivity contribution >= 4 is 11.6 Å². The number of nitrogens with zero attached hydrogens (tertiary/aromatic N) is 2. The van der Waals surface area contributed by atoms with Crippen molar-refractivity contribution in [3.8, 4) is 0 Å². The molecule has 0 radical (unpaired) electrons. The minimum atomic E-state index is -0.845. The zero-order valence-electron chi connectivity index (χ0n) is 10.4. The number of aromatic nitrogens is 3. The van der Waals surface area contributed by atoms with Crippen molar-refractivity contribution in [1.29, 1.82) is 0 Å². The molecule has 0 aliphatic heterocycles. The van der Waals surface area contributed by atoms with Crippen molar-refractivity contribution in [1.82, 2.24) is 15.2 Å². The van der Waals surface area contributed by atoms with Crippen molar-refractivity contribution < 1.29 is 13.6 Å². The van der Waals surface area contributed by atoms with Gasteiger partial charge in [0.05, 0.1) is 0 Å². The lowest BCUT2D eigenvalue weighted by atomic mass is 10.2. The third kappa shape index (κ3) is 2.59. The monoisotopic (exact) mass is 266 g/mol. The minimum absolute atomic E-state index is 0.155. The summed E-state index contributed by atoms with van der Waals surface area (Å²) in [5.41, 5.74) is -0.256. The topological polar surface area (TPSA) is 70.7 Å². The predicted octanol–water partition coefficient (Wildman–Crippen LogP) is 2.21. The van der Waals surface area contributed by atoms with Gasteiger partial charge in [-0.3, -0.25) is 9.89 Å². The smallest absolute Gasteiger partial charge is 0.295 e. The summed E-state index contributed by atoms with van der Waals surface area (Å²) in [4.78, 5) is 15.7. The average Bonchev–Trinajstić information content (AvgIpc) is 2.88. The van der Waals surface area contributed by atoms with Crippen LogP contribution in [0.1, 0.15) is 28.9 Å². The Bertz CT molecular complexity index is 624. The number of carbonyl (C=O) groups is 1. The third-order valence-corrected chi connectivity index (χ3v) is 2.59. The van der Waals surface area contributed by atoms with Crippen LogP contribution in [0.25, 0.3) is 0 Å². The SMILES string of the molecule is CCc1nc(C(=O)Nc2c(F)ccc(C)c2F)n[nH]1. The fourth-order valence-electron chi connectivity index (χ4n) is 1.50. The molecular weight excluding hydrogens is 254 g/mol. The molecule has 7 heteroatoms. The summed E-state index contributed by atoms with van der Waals surface area (Å²) in [5.74, 6) is -2.05. The maximum absolute atomic E-state index is 13.7. The van der Waals surface area contributed by atoms with Gasteiger partial charge in [0.1, 0.15) is 17.3 Å². The third-order valence-electron chi connectivity index (χ3n) is 2.59. The standard InChI is InChI=1S/C12H12F2N4O/c1-3-8-15-11(18-17-8)12(19)16-10-7(13)5-4-6(2)9(10)14/h4-5H,3H2,1-2H3,(H,16,19)(H,15,17,18). The number of carbonyl (C=O) groups excluding carboxylic acids is 1. The number of aromatic amines is 1. The Morgan fingerprint density at radius 3 is 2.79 bits per heavy atom. The van der Waals surface area contributed by atoms with Crippen LogP contribution in [0.3, 0.4) is 0 Å². The van der Waals surface area contributed by atoms with Crippen molar-refractivity contribution in [2.24, 2.45) is 0 Å². The molecule has 5 nitrogen and oxygen atoms in total. The number of benzene rings is 1.